The van der Waals surface area contributed by atoms with Gasteiger partial charge in [-0.15, -0.1) is 0 Å². The van der Waals surface area contributed by atoms with E-state index in [4.69, 9.17) is 0 Å². The van der Waals surface area contributed by atoms with Crippen LogP contribution in [0.1, 0.15) is 42.0 Å². The molecule has 0 N–H and O–H groups in total. The summed E-state index contributed by atoms with van der Waals surface area (Å²) in [7, 11) is 0. The van der Waals surface area contributed by atoms with E-state index in [2.05, 4.69) is 70.6 Å². The van der Waals surface area contributed by atoms with Crippen LogP contribution in [0.3, 0.4) is 0 Å². The van der Waals surface area contributed by atoms with Crippen molar-refractivity contribution in [1.29, 1.82) is 0 Å². The molecule has 1 aliphatic heterocycles. The Balaban J connectivity index is 1.59. The zero-order valence-corrected chi connectivity index (χ0v) is 14.1. The van der Waals surface area contributed by atoms with Crippen molar-refractivity contribution in [2.45, 2.75) is 25.2 Å². The van der Waals surface area contributed by atoms with E-state index in [0.29, 0.717) is 11.8 Å². The van der Waals surface area contributed by atoms with Crippen LogP contribution in [-0.2, 0) is 0 Å². The van der Waals surface area contributed by atoms with Crippen molar-refractivity contribution in [3.8, 4) is 0 Å². The Hall–Kier alpha value is -2.26. The van der Waals surface area contributed by atoms with Gasteiger partial charge in [0.1, 0.15) is 0 Å². The molecule has 2 atom stereocenters. The third kappa shape index (κ3) is 2.92. The van der Waals surface area contributed by atoms with Gasteiger partial charge in [0.2, 0.25) is 0 Å². The summed E-state index contributed by atoms with van der Waals surface area (Å²) in [6.45, 7) is 5.58. The fourth-order valence-electron chi connectivity index (χ4n) is 3.95. The van der Waals surface area contributed by atoms with Crippen LogP contribution in [-0.4, -0.2) is 34.7 Å². The number of nitrogens with zero attached hydrogens (tertiary/aromatic N) is 3. The first-order chi connectivity index (χ1) is 11.8. The minimum atomic E-state index is 0.338. The lowest BCUT2D eigenvalue weighted by Gasteiger charge is -2.25. The van der Waals surface area contributed by atoms with Gasteiger partial charge in [0.05, 0.1) is 5.69 Å². The highest BCUT2D eigenvalue weighted by Gasteiger charge is 2.31. The SMILES string of the molecule is CC(c1cccnn1)C1C(CCN2CC=CC2)=Cc2ccccc21. The Bertz CT molecular complexity index is 756. The third-order valence-corrected chi connectivity index (χ3v) is 5.24. The predicted molar refractivity (Wildman–Crippen MR) is 97.8 cm³/mol. The average molecular weight is 317 g/mol. The van der Waals surface area contributed by atoms with Gasteiger partial charge in [0.25, 0.3) is 0 Å². The van der Waals surface area contributed by atoms with Crippen LogP contribution in [0.5, 0.6) is 0 Å². The van der Waals surface area contributed by atoms with Gasteiger partial charge in [-0.2, -0.15) is 10.2 Å². The number of hydrogen-bond donors (Lipinski definition) is 0. The third-order valence-electron chi connectivity index (χ3n) is 5.24. The summed E-state index contributed by atoms with van der Waals surface area (Å²) in [5.41, 5.74) is 5.41. The first kappa shape index (κ1) is 15.3. The van der Waals surface area contributed by atoms with Crippen LogP contribution in [0.15, 0.2) is 60.3 Å². The van der Waals surface area contributed by atoms with Crippen molar-refractivity contribution >= 4 is 6.08 Å². The molecule has 0 amide bonds. The van der Waals surface area contributed by atoms with Crippen LogP contribution in [0.2, 0.25) is 0 Å². The van der Waals surface area contributed by atoms with Crippen LogP contribution in [0.4, 0.5) is 0 Å². The maximum atomic E-state index is 4.37. The molecule has 0 spiro atoms. The molecule has 1 aromatic carbocycles. The van der Waals surface area contributed by atoms with Gasteiger partial charge in [0, 0.05) is 37.7 Å². The molecule has 1 aliphatic carbocycles. The zero-order valence-electron chi connectivity index (χ0n) is 14.1. The highest BCUT2D eigenvalue weighted by molar-refractivity contribution is 5.67. The average Bonchev–Trinajstić information content (AvgIpc) is 3.27. The molecule has 3 heteroatoms. The number of aromatic nitrogens is 2. The van der Waals surface area contributed by atoms with Crippen molar-refractivity contribution in [1.82, 2.24) is 15.1 Å². The van der Waals surface area contributed by atoms with Crippen LogP contribution >= 0.6 is 0 Å². The van der Waals surface area contributed by atoms with Gasteiger partial charge >= 0.3 is 0 Å². The number of fused-ring (bicyclic) bond motifs is 1. The van der Waals surface area contributed by atoms with Gasteiger partial charge in [-0.3, -0.25) is 4.90 Å². The lowest BCUT2D eigenvalue weighted by Crippen LogP contribution is -2.22. The molecule has 0 saturated carbocycles. The molecule has 1 aromatic heterocycles. The maximum absolute atomic E-state index is 4.37. The van der Waals surface area contributed by atoms with Crippen molar-refractivity contribution in [2.24, 2.45) is 0 Å². The Labute approximate surface area is 143 Å². The summed E-state index contributed by atoms with van der Waals surface area (Å²) >= 11 is 0. The molecule has 4 rings (SSSR count). The predicted octanol–water partition coefficient (Wildman–Crippen LogP) is 4.02. The van der Waals surface area contributed by atoms with Gasteiger partial charge in [-0.05, 0) is 29.7 Å². The summed E-state index contributed by atoms with van der Waals surface area (Å²) in [4.78, 5) is 2.49. The molecule has 0 saturated heterocycles. The number of hydrogen-bond acceptors (Lipinski definition) is 3. The number of benzene rings is 1. The van der Waals surface area contributed by atoms with E-state index in [-0.39, 0.29) is 0 Å². The van der Waals surface area contributed by atoms with E-state index in [1.807, 2.05) is 6.07 Å². The highest BCUT2D eigenvalue weighted by Crippen LogP contribution is 2.45. The zero-order chi connectivity index (χ0) is 16.4. The molecule has 122 valence electrons. The van der Waals surface area contributed by atoms with Crippen LogP contribution in [0.25, 0.3) is 6.08 Å². The highest BCUT2D eigenvalue weighted by atomic mass is 15.1. The van der Waals surface area contributed by atoms with E-state index >= 15 is 0 Å². The van der Waals surface area contributed by atoms with Crippen molar-refractivity contribution < 1.29 is 0 Å². The minimum absolute atomic E-state index is 0.338. The lowest BCUT2D eigenvalue weighted by atomic mass is 9.81. The van der Waals surface area contributed by atoms with E-state index in [1.54, 1.807) is 6.20 Å². The second kappa shape index (κ2) is 6.70. The largest absolute Gasteiger partial charge is 0.296 e. The molecule has 2 aliphatic rings. The number of rotatable bonds is 5. The molecule has 0 fully saturated rings. The molecule has 2 heterocycles. The van der Waals surface area contributed by atoms with Crippen molar-refractivity contribution in [2.75, 3.05) is 19.6 Å². The molecular formula is C21H23N3. The molecule has 3 nitrogen and oxygen atoms in total. The van der Waals surface area contributed by atoms with Crippen molar-refractivity contribution in [3.05, 3.63) is 77.1 Å². The van der Waals surface area contributed by atoms with Gasteiger partial charge in [0.15, 0.2) is 0 Å². The topological polar surface area (TPSA) is 29.0 Å². The summed E-state index contributed by atoms with van der Waals surface area (Å²) in [5, 5.41) is 8.45. The fourth-order valence-corrected chi connectivity index (χ4v) is 3.95. The first-order valence-corrected chi connectivity index (χ1v) is 8.77. The molecule has 2 aromatic rings. The molecule has 0 radical (unpaired) electrons. The van der Waals surface area contributed by atoms with E-state index in [1.165, 1.54) is 16.7 Å². The van der Waals surface area contributed by atoms with Crippen LogP contribution < -0.4 is 0 Å². The Morgan fingerprint density at radius 2 is 1.96 bits per heavy atom. The molecule has 0 bridgehead atoms. The van der Waals surface area contributed by atoms with E-state index in [0.717, 1.165) is 31.7 Å². The van der Waals surface area contributed by atoms with Crippen molar-refractivity contribution in [3.63, 3.8) is 0 Å². The minimum Gasteiger partial charge on any atom is -0.296 e. The monoisotopic (exact) mass is 317 g/mol. The summed E-state index contributed by atoms with van der Waals surface area (Å²) < 4.78 is 0. The fraction of sp³-hybridized carbons (Fsp3) is 0.333. The summed E-state index contributed by atoms with van der Waals surface area (Å²) in [6.07, 6.45) is 9.78. The molecule has 2 unspecified atom stereocenters. The molecular weight excluding hydrogens is 294 g/mol. The molecule has 24 heavy (non-hydrogen) atoms. The maximum Gasteiger partial charge on any atom is 0.0668 e. The Morgan fingerprint density at radius 1 is 1.12 bits per heavy atom. The second-order valence-corrected chi connectivity index (χ2v) is 6.74. The van der Waals surface area contributed by atoms with Gasteiger partial charge in [-0.25, -0.2) is 0 Å². The smallest absolute Gasteiger partial charge is 0.0668 e. The summed E-state index contributed by atoms with van der Waals surface area (Å²) in [6, 6.07) is 12.9. The van der Waals surface area contributed by atoms with Crippen LogP contribution in [0, 0.1) is 0 Å². The first-order valence-electron chi connectivity index (χ1n) is 8.77. The quantitative estimate of drug-likeness (QED) is 0.780. The van der Waals surface area contributed by atoms with Gasteiger partial charge in [-0.1, -0.05) is 55.0 Å². The Morgan fingerprint density at radius 3 is 2.75 bits per heavy atom. The Kier molecular flexibility index (Phi) is 4.26. The standard InChI is InChI=1S/C21H23N3/c1-16(20-9-6-11-22-23-20)21-18(10-14-24-12-4-5-13-24)15-17-7-2-3-8-19(17)21/h2-9,11,15-16,21H,10,12-14H2,1H3. The van der Waals surface area contributed by atoms with Gasteiger partial charge < -0.3 is 0 Å². The summed E-state index contributed by atoms with van der Waals surface area (Å²) in [5.74, 6) is 0.749. The van der Waals surface area contributed by atoms with E-state index in [9.17, 15) is 0 Å². The normalized spacial score (nSPS) is 20.9. The van der Waals surface area contributed by atoms with E-state index < -0.39 is 0 Å². The lowest BCUT2D eigenvalue weighted by molar-refractivity contribution is 0.353. The second-order valence-electron chi connectivity index (χ2n) is 6.74.